The molecule has 23 heavy (non-hydrogen) atoms. The molecular formula is C16H18N4O3. The van der Waals surface area contributed by atoms with Gasteiger partial charge in [-0.3, -0.25) is 14.4 Å². The van der Waals surface area contributed by atoms with Crippen LogP contribution < -0.4 is 10.9 Å². The van der Waals surface area contributed by atoms with Crippen molar-refractivity contribution in [2.75, 3.05) is 18.9 Å². The maximum atomic E-state index is 12.1. The monoisotopic (exact) mass is 314 g/mol. The standard InChI is InChI=1S/C16H18N4O3/c1-10-5-4-6-11(2)15(10)17-14(22)9-20(3)16(23)12-7-8-13(21)19-18-12/h4-8H,9H2,1-3H3,(H,17,22)(H,19,21). The van der Waals surface area contributed by atoms with E-state index in [-0.39, 0.29) is 18.1 Å². The second-order valence-electron chi connectivity index (χ2n) is 5.28. The molecule has 0 aliphatic rings. The maximum absolute atomic E-state index is 12.1. The van der Waals surface area contributed by atoms with E-state index < -0.39 is 11.5 Å². The molecule has 0 atom stereocenters. The van der Waals surface area contributed by atoms with Gasteiger partial charge in [0, 0.05) is 18.8 Å². The van der Waals surface area contributed by atoms with Crippen molar-refractivity contribution in [3.8, 4) is 0 Å². The molecule has 2 aromatic rings. The van der Waals surface area contributed by atoms with Crippen molar-refractivity contribution in [1.82, 2.24) is 15.1 Å². The fourth-order valence-electron chi connectivity index (χ4n) is 2.14. The molecule has 1 aromatic heterocycles. The summed E-state index contributed by atoms with van der Waals surface area (Å²) in [5, 5.41) is 8.66. The minimum absolute atomic E-state index is 0.0759. The van der Waals surface area contributed by atoms with Crippen LogP contribution in [0.2, 0.25) is 0 Å². The number of para-hydroxylation sites is 1. The molecule has 0 bridgehead atoms. The summed E-state index contributed by atoms with van der Waals surface area (Å²) in [5.74, 6) is -0.749. The number of aromatic amines is 1. The van der Waals surface area contributed by atoms with Gasteiger partial charge in [0.05, 0.1) is 6.54 Å². The van der Waals surface area contributed by atoms with Gasteiger partial charge in [-0.2, -0.15) is 5.10 Å². The van der Waals surface area contributed by atoms with Crippen LogP contribution in [0.15, 0.2) is 35.1 Å². The summed E-state index contributed by atoms with van der Waals surface area (Å²) in [7, 11) is 1.50. The number of aryl methyl sites for hydroxylation is 2. The molecule has 0 aliphatic heterocycles. The number of nitrogens with one attached hydrogen (secondary N) is 2. The van der Waals surface area contributed by atoms with Gasteiger partial charge in [0.1, 0.15) is 5.69 Å². The van der Waals surface area contributed by atoms with Crippen LogP contribution in [-0.2, 0) is 4.79 Å². The average Bonchev–Trinajstić information content (AvgIpc) is 2.51. The molecule has 2 N–H and O–H groups in total. The summed E-state index contributed by atoms with van der Waals surface area (Å²) in [5.41, 5.74) is 2.34. The second kappa shape index (κ2) is 6.87. The van der Waals surface area contributed by atoms with E-state index in [2.05, 4.69) is 15.5 Å². The molecule has 1 heterocycles. The number of anilines is 1. The van der Waals surface area contributed by atoms with E-state index >= 15 is 0 Å². The summed E-state index contributed by atoms with van der Waals surface area (Å²) < 4.78 is 0. The van der Waals surface area contributed by atoms with Crippen LogP contribution in [0.25, 0.3) is 0 Å². The summed E-state index contributed by atoms with van der Waals surface area (Å²) in [4.78, 5) is 36.5. The van der Waals surface area contributed by atoms with Crippen molar-refractivity contribution in [3.05, 3.63) is 57.5 Å². The molecule has 7 heteroatoms. The zero-order valence-electron chi connectivity index (χ0n) is 13.2. The molecule has 2 amide bonds. The van der Waals surface area contributed by atoms with E-state index in [1.807, 2.05) is 32.0 Å². The van der Waals surface area contributed by atoms with Crippen LogP contribution in [0.3, 0.4) is 0 Å². The highest BCUT2D eigenvalue weighted by Gasteiger charge is 2.17. The molecule has 0 unspecified atom stereocenters. The third-order valence-corrected chi connectivity index (χ3v) is 3.37. The number of hydrogen-bond donors (Lipinski definition) is 2. The van der Waals surface area contributed by atoms with Gasteiger partial charge in [0.2, 0.25) is 5.91 Å². The number of hydrogen-bond acceptors (Lipinski definition) is 4. The summed E-state index contributed by atoms with van der Waals surface area (Å²) >= 11 is 0. The smallest absolute Gasteiger partial charge is 0.274 e. The number of rotatable bonds is 4. The minimum Gasteiger partial charge on any atom is -0.331 e. The Kier molecular flexibility index (Phi) is 4.90. The summed E-state index contributed by atoms with van der Waals surface area (Å²) in [6.07, 6.45) is 0. The van der Waals surface area contributed by atoms with E-state index in [0.29, 0.717) is 0 Å². The molecule has 7 nitrogen and oxygen atoms in total. The lowest BCUT2D eigenvalue weighted by atomic mass is 10.1. The fourth-order valence-corrected chi connectivity index (χ4v) is 2.14. The molecule has 0 saturated heterocycles. The normalized spacial score (nSPS) is 10.2. The number of H-pyrrole nitrogens is 1. The first-order valence-corrected chi connectivity index (χ1v) is 7.05. The molecule has 0 aliphatic carbocycles. The molecular weight excluding hydrogens is 296 g/mol. The van der Waals surface area contributed by atoms with Crippen molar-refractivity contribution in [1.29, 1.82) is 0 Å². The zero-order valence-corrected chi connectivity index (χ0v) is 13.2. The second-order valence-corrected chi connectivity index (χ2v) is 5.28. The third-order valence-electron chi connectivity index (χ3n) is 3.37. The minimum atomic E-state index is -0.446. The number of likely N-dealkylation sites (N-methyl/N-ethyl adjacent to an activating group) is 1. The Morgan fingerprint density at radius 3 is 2.39 bits per heavy atom. The van der Waals surface area contributed by atoms with Gasteiger partial charge < -0.3 is 10.2 Å². The number of aromatic nitrogens is 2. The molecule has 0 radical (unpaired) electrons. The van der Waals surface area contributed by atoms with Crippen molar-refractivity contribution >= 4 is 17.5 Å². The van der Waals surface area contributed by atoms with Gasteiger partial charge in [-0.15, -0.1) is 0 Å². The first-order valence-electron chi connectivity index (χ1n) is 7.05. The largest absolute Gasteiger partial charge is 0.331 e. The Labute approximate surface area is 133 Å². The Hall–Kier alpha value is -2.96. The Balaban J connectivity index is 2.03. The zero-order chi connectivity index (χ0) is 17.0. The van der Waals surface area contributed by atoms with Crippen LogP contribution in [-0.4, -0.2) is 40.5 Å². The number of benzene rings is 1. The number of nitrogens with zero attached hydrogens (tertiary/aromatic N) is 2. The average molecular weight is 314 g/mol. The van der Waals surface area contributed by atoms with Crippen LogP contribution in [0.5, 0.6) is 0 Å². The van der Waals surface area contributed by atoms with Gasteiger partial charge in [0.25, 0.3) is 11.5 Å². The molecule has 1 aromatic carbocycles. The number of carbonyl (C=O) groups excluding carboxylic acids is 2. The van der Waals surface area contributed by atoms with Crippen LogP contribution in [0.4, 0.5) is 5.69 Å². The molecule has 2 rings (SSSR count). The predicted molar refractivity (Wildman–Crippen MR) is 86.4 cm³/mol. The lowest BCUT2D eigenvalue weighted by Crippen LogP contribution is -2.36. The van der Waals surface area contributed by atoms with E-state index in [1.165, 1.54) is 24.1 Å². The highest BCUT2D eigenvalue weighted by atomic mass is 16.2. The van der Waals surface area contributed by atoms with Gasteiger partial charge in [-0.25, -0.2) is 5.10 Å². The van der Waals surface area contributed by atoms with Crippen molar-refractivity contribution in [2.45, 2.75) is 13.8 Å². The molecule has 120 valence electrons. The lowest BCUT2D eigenvalue weighted by Gasteiger charge is -2.17. The first kappa shape index (κ1) is 16.4. The third kappa shape index (κ3) is 4.03. The van der Waals surface area contributed by atoms with E-state index in [4.69, 9.17) is 0 Å². The van der Waals surface area contributed by atoms with Gasteiger partial charge >= 0.3 is 0 Å². The molecule has 0 spiro atoms. The number of carbonyl (C=O) groups is 2. The van der Waals surface area contributed by atoms with Crippen molar-refractivity contribution < 1.29 is 9.59 Å². The topological polar surface area (TPSA) is 95.2 Å². The SMILES string of the molecule is Cc1cccc(C)c1NC(=O)CN(C)C(=O)c1ccc(=O)[nH]n1. The van der Waals surface area contributed by atoms with Crippen LogP contribution in [0, 0.1) is 13.8 Å². The molecule has 0 fully saturated rings. The Morgan fingerprint density at radius 2 is 1.83 bits per heavy atom. The van der Waals surface area contributed by atoms with Crippen LogP contribution in [0.1, 0.15) is 21.6 Å². The Bertz CT molecular complexity index is 757. The van der Waals surface area contributed by atoms with Crippen molar-refractivity contribution in [2.24, 2.45) is 0 Å². The van der Waals surface area contributed by atoms with Gasteiger partial charge in [-0.05, 0) is 31.0 Å². The Morgan fingerprint density at radius 1 is 1.17 bits per heavy atom. The van der Waals surface area contributed by atoms with Gasteiger partial charge in [-0.1, -0.05) is 18.2 Å². The predicted octanol–water partition coefficient (Wildman–Crippen LogP) is 1.10. The quantitative estimate of drug-likeness (QED) is 0.883. The van der Waals surface area contributed by atoms with E-state index in [0.717, 1.165) is 16.8 Å². The lowest BCUT2D eigenvalue weighted by molar-refractivity contribution is -0.116. The number of amides is 2. The summed E-state index contributed by atoms with van der Waals surface area (Å²) in [6.45, 7) is 3.69. The van der Waals surface area contributed by atoms with E-state index in [9.17, 15) is 14.4 Å². The highest BCUT2D eigenvalue weighted by molar-refractivity contribution is 5.98. The van der Waals surface area contributed by atoms with E-state index in [1.54, 1.807) is 0 Å². The first-order chi connectivity index (χ1) is 10.9. The summed E-state index contributed by atoms with van der Waals surface area (Å²) in [6, 6.07) is 8.26. The fraction of sp³-hybridized carbons (Fsp3) is 0.250. The highest BCUT2D eigenvalue weighted by Crippen LogP contribution is 2.19. The van der Waals surface area contributed by atoms with Gasteiger partial charge in [0.15, 0.2) is 0 Å². The maximum Gasteiger partial charge on any atom is 0.274 e. The van der Waals surface area contributed by atoms with Crippen LogP contribution >= 0.6 is 0 Å². The molecule has 0 saturated carbocycles. The van der Waals surface area contributed by atoms with Crippen molar-refractivity contribution in [3.63, 3.8) is 0 Å².